The second-order valence-corrected chi connectivity index (χ2v) is 6.44. The molecule has 9 nitrogen and oxygen atoms in total. The second-order valence-electron chi connectivity index (χ2n) is 6.44. The Labute approximate surface area is 113 Å². The molecule has 7 bridgehead atoms. The van der Waals surface area contributed by atoms with Gasteiger partial charge in [0.25, 0.3) is 0 Å². The molecule has 0 unspecified atom stereocenters. The average Bonchev–Trinajstić information content (AvgIpc) is 2.81. The molecule has 0 radical (unpaired) electrons. The standard InChI is InChI=1S/C11H15N3O6/c12-8-13-6-2-3-9(17,1-15)5-4(16)10(2,14-8)7(19-6)11(3,18)20-5/h2-7,15-18H,1H2,(H3,12,13,14)/p+1/t2-,3-,4-,5+,6+,7+,9+,10-,11+/m1/s1. The molecule has 0 aromatic heterocycles. The molecule has 9 heteroatoms. The smallest absolute Gasteiger partial charge is 0.343 e. The molecule has 3 saturated heterocycles. The molecule has 0 amide bonds. The lowest BCUT2D eigenvalue weighted by Crippen LogP contribution is -2.93. The Hall–Kier alpha value is -0.970. The number of ether oxygens (including phenoxy) is 2. The summed E-state index contributed by atoms with van der Waals surface area (Å²) in [6.45, 7) is -0.604. The first kappa shape index (κ1) is 11.7. The van der Waals surface area contributed by atoms with Crippen molar-refractivity contribution < 1.29 is 34.9 Å². The van der Waals surface area contributed by atoms with E-state index in [4.69, 9.17) is 15.2 Å². The van der Waals surface area contributed by atoms with Crippen LogP contribution in [0.25, 0.3) is 0 Å². The summed E-state index contributed by atoms with van der Waals surface area (Å²) in [4.78, 5) is 2.89. The van der Waals surface area contributed by atoms with Crippen LogP contribution < -0.4 is 16.0 Å². The number of hydrogen-bond acceptors (Lipinski definition) is 8. The van der Waals surface area contributed by atoms with Crippen molar-refractivity contribution in [2.24, 2.45) is 17.6 Å². The quantitative estimate of drug-likeness (QED) is 0.251. The average molecular weight is 286 g/mol. The number of hydrogen-bond donors (Lipinski definition) is 7. The highest BCUT2D eigenvalue weighted by Gasteiger charge is 2.93. The summed E-state index contributed by atoms with van der Waals surface area (Å²) < 4.78 is 11.2. The first-order valence-corrected chi connectivity index (χ1v) is 6.63. The molecule has 4 aliphatic heterocycles. The fourth-order valence-electron chi connectivity index (χ4n) is 5.26. The maximum atomic E-state index is 10.8. The highest BCUT2D eigenvalue weighted by atomic mass is 16.7. The molecule has 1 spiro atoms. The van der Waals surface area contributed by atoms with Gasteiger partial charge in [0, 0.05) is 0 Å². The van der Waals surface area contributed by atoms with E-state index in [1.807, 2.05) is 0 Å². The lowest BCUT2D eigenvalue weighted by Gasteiger charge is -2.49. The first-order valence-electron chi connectivity index (χ1n) is 6.63. The van der Waals surface area contributed by atoms with Gasteiger partial charge in [-0.3, -0.25) is 16.0 Å². The Kier molecular flexibility index (Phi) is 1.65. The zero-order valence-corrected chi connectivity index (χ0v) is 10.4. The van der Waals surface area contributed by atoms with Gasteiger partial charge in [-0.25, -0.2) is 0 Å². The predicted molar refractivity (Wildman–Crippen MR) is 59.5 cm³/mol. The molecule has 110 valence electrons. The number of guanidine groups is 1. The SMILES string of the molecule is NC1=[NH+][C@H]2O[C@@H]3[C@@]4(O)O[C@H]5[C@@H](O)[C@]3(N1)[C@@H]2[C@@H]4[C@@]5(O)CO. The van der Waals surface area contributed by atoms with E-state index in [-0.39, 0.29) is 5.96 Å². The molecule has 2 saturated carbocycles. The second kappa shape index (κ2) is 2.82. The van der Waals surface area contributed by atoms with Crippen molar-refractivity contribution in [1.29, 1.82) is 0 Å². The number of aliphatic hydroxyl groups is 4. The van der Waals surface area contributed by atoms with Crippen molar-refractivity contribution >= 4 is 5.96 Å². The molecule has 5 fully saturated rings. The van der Waals surface area contributed by atoms with Crippen LogP contribution in [-0.2, 0) is 9.47 Å². The van der Waals surface area contributed by atoms with Gasteiger partial charge in [0.05, 0.1) is 18.4 Å². The molecule has 8 N–H and O–H groups in total. The fourth-order valence-corrected chi connectivity index (χ4v) is 5.26. The van der Waals surface area contributed by atoms with E-state index in [9.17, 15) is 20.4 Å². The van der Waals surface area contributed by atoms with E-state index >= 15 is 0 Å². The third kappa shape index (κ3) is 0.798. The lowest BCUT2D eigenvalue weighted by atomic mass is 9.63. The third-order valence-corrected chi connectivity index (χ3v) is 5.80. The maximum Gasteiger partial charge on any atom is 0.343 e. The van der Waals surface area contributed by atoms with E-state index in [1.54, 1.807) is 0 Å². The van der Waals surface area contributed by atoms with E-state index in [0.717, 1.165) is 0 Å². The van der Waals surface area contributed by atoms with Crippen molar-refractivity contribution in [1.82, 2.24) is 5.32 Å². The minimum Gasteiger partial charge on any atom is -0.393 e. The van der Waals surface area contributed by atoms with Gasteiger partial charge in [0.2, 0.25) is 5.79 Å². The minimum absolute atomic E-state index is 0.255. The van der Waals surface area contributed by atoms with Crippen LogP contribution in [0.3, 0.4) is 0 Å². The van der Waals surface area contributed by atoms with Crippen molar-refractivity contribution in [2.45, 2.75) is 41.5 Å². The molecule has 2 aliphatic carbocycles. The Morgan fingerprint density at radius 1 is 1.40 bits per heavy atom. The topological polar surface area (TPSA) is 151 Å². The van der Waals surface area contributed by atoms with Gasteiger partial charge in [-0.1, -0.05) is 0 Å². The van der Waals surface area contributed by atoms with Crippen LogP contribution in [0, 0.1) is 11.8 Å². The molecule has 4 heterocycles. The Morgan fingerprint density at radius 3 is 2.85 bits per heavy atom. The van der Waals surface area contributed by atoms with E-state index in [0.29, 0.717) is 0 Å². The first-order chi connectivity index (χ1) is 9.39. The summed E-state index contributed by atoms with van der Waals surface area (Å²) >= 11 is 0. The van der Waals surface area contributed by atoms with Crippen LogP contribution in [0.15, 0.2) is 0 Å². The molecule has 9 atom stereocenters. The van der Waals surface area contributed by atoms with Crippen molar-refractivity contribution in [3.63, 3.8) is 0 Å². The van der Waals surface area contributed by atoms with Gasteiger partial charge >= 0.3 is 5.96 Å². The predicted octanol–water partition coefficient (Wildman–Crippen LogP) is -6.12. The van der Waals surface area contributed by atoms with Gasteiger partial charge in [-0.2, -0.15) is 0 Å². The molecule has 6 rings (SSSR count). The van der Waals surface area contributed by atoms with Gasteiger partial charge in [-0.15, -0.1) is 0 Å². The Morgan fingerprint density at radius 2 is 2.15 bits per heavy atom. The summed E-state index contributed by atoms with van der Waals surface area (Å²) in [6, 6.07) is 0. The number of rotatable bonds is 1. The largest absolute Gasteiger partial charge is 0.393 e. The van der Waals surface area contributed by atoms with E-state index in [2.05, 4.69) is 10.3 Å². The lowest BCUT2D eigenvalue weighted by molar-refractivity contribution is -0.585. The molecular formula is C11H16N3O6+. The van der Waals surface area contributed by atoms with Crippen LogP contribution in [0.5, 0.6) is 0 Å². The highest BCUT2D eigenvalue weighted by Crippen LogP contribution is 2.69. The van der Waals surface area contributed by atoms with Crippen molar-refractivity contribution in [2.75, 3.05) is 6.61 Å². The minimum atomic E-state index is -1.73. The summed E-state index contributed by atoms with van der Waals surface area (Å²) in [5.74, 6) is -2.70. The zero-order chi connectivity index (χ0) is 14.1. The summed E-state index contributed by atoms with van der Waals surface area (Å²) in [6.07, 6.45) is -3.65. The van der Waals surface area contributed by atoms with Gasteiger partial charge < -0.3 is 29.9 Å². The summed E-state index contributed by atoms with van der Waals surface area (Å²) in [5.41, 5.74) is 3.08. The van der Waals surface area contributed by atoms with Gasteiger partial charge in [-0.05, 0) is 0 Å². The van der Waals surface area contributed by atoms with Crippen LogP contribution in [-0.4, -0.2) is 74.5 Å². The molecule has 6 aliphatic rings. The number of aliphatic hydroxyl groups excluding tert-OH is 2. The molecule has 0 aromatic carbocycles. The normalized spacial score (nSPS) is 68.3. The number of nitrogens with two attached hydrogens (primary N) is 1. The van der Waals surface area contributed by atoms with E-state index < -0.39 is 59.9 Å². The molecule has 0 aromatic rings. The van der Waals surface area contributed by atoms with Crippen LogP contribution in [0.1, 0.15) is 0 Å². The van der Waals surface area contributed by atoms with Crippen molar-refractivity contribution in [3.8, 4) is 0 Å². The van der Waals surface area contributed by atoms with E-state index in [1.165, 1.54) is 0 Å². The summed E-state index contributed by atoms with van der Waals surface area (Å²) in [7, 11) is 0. The maximum absolute atomic E-state index is 10.8. The van der Waals surface area contributed by atoms with Crippen molar-refractivity contribution in [3.05, 3.63) is 0 Å². The number of nitrogens with one attached hydrogen (secondary N) is 2. The van der Waals surface area contributed by atoms with Gasteiger partial charge in [0.15, 0.2) is 17.9 Å². The molecule has 20 heavy (non-hydrogen) atoms. The van der Waals surface area contributed by atoms with Crippen LogP contribution >= 0.6 is 0 Å². The monoisotopic (exact) mass is 286 g/mol. The fraction of sp³-hybridized carbons (Fsp3) is 0.909. The Bertz CT molecular complexity index is 558. The summed E-state index contributed by atoms with van der Waals surface area (Å²) in [5, 5.41) is 44.7. The highest BCUT2D eigenvalue weighted by molar-refractivity contribution is 5.74. The zero-order valence-electron chi connectivity index (χ0n) is 10.4. The van der Waals surface area contributed by atoms with Crippen LogP contribution in [0.4, 0.5) is 0 Å². The molecular weight excluding hydrogens is 270 g/mol. The Balaban J connectivity index is 1.78. The van der Waals surface area contributed by atoms with Crippen LogP contribution in [0.2, 0.25) is 0 Å². The van der Waals surface area contributed by atoms with Gasteiger partial charge in [0.1, 0.15) is 17.8 Å². The third-order valence-electron chi connectivity index (χ3n) is 5.80.